The van der Waals surface area contributed by atoms with E-state index >= 15 is 0 Å². The highest BCUT2D eigenvalue weighted by molar-refractivity contribution is 8.02. The standard InChI is InChI=1S/C19H17N3O3S2/c1-12-11-16(17(23)24-12)26-19-22-21-18(27-19)20-13-7-9-15(10-8-13)25-14-5-3-2-4-6-14/h2-10,12,16H,11H2,1H3,(H,20,21)/t12-,16-/m1/s1. The fourth-order valence-corrected chi connectivity index (χ4v) is 4.73. The number of nitrogens with one attached hydrogen (secondary N) is 1. The number of nitrogens with zero attached hydrogens (tertiary/aromatic N) is 2. The molecular formula is C19H17N3O3S2. The lowest BCUT2D eigenvalue weighted by molar-refractivity contribution is -0.140. The van der Waals surface area contributed by atoms with Crippen molar-refractivity contribution in [1.29, 1.82) is 0 Å². The van der Waals surface area contributed by atoms with Crippen molar-refractivity contribution in [1.82, 2.24) is 10.2 Å². The number of esters is 1. The van der Waals surface area contributed by atoms with Crippen LogP contribution >= 0.6 is 23.1 Å². The molecule has 27 heavy (non-hydrogen) atoms. The number of carbonyl (C=O) groups excluding carboxylic acids is 1. The first-order chi connectivity index (χ1) is 13.2. The van der Waals surface area contributed by atoms with Gasteiger partial charge in [-0.05, 0) is 43.3 Å². The Morgan fingerprint density at radius 1 is 1.11 bits per heavy atom. The van der Waals surface area contributed by atoms with E-state index in [0.29, 0.717) is 11.6 Å². The molecule has 3 aromatic rings. The van der Waals surface area contributed by atoms with Crippen LogP contribution in [0.4, 0.5) is 10.8 Å². The Balaban J connectivity index is 1.35. The van der Waals surface area contributed by atoms with Crippen LogP contribution in [0.3, 0.4) is 0 Å². The molecule has 1 N–H and O–H groups in total. The van der Waals surface area contributed by atoms with Gasteiger partial charge in [0.2, 0.25) is 5.13 Å². The lowest BCUT2D eigenvalue weighted by Crippen LogP contribution is -2.08. The van der Waals surface area contributed by atoms with E-state index < -0.39 is 0 Å². The van der Waals surface area contributed by atoms with Crippen molar-refractivity contribution in [3.8, 4) is 11.5 Å². The topological polar surface area (TPSA) is 73.3 Å². The molecule has 0 aliphatic carbocycles. The highest BCUT2D eigenvalue weighted by Gasteiger charge is 2.33. The zero-order valence-electron chi connectivity index (χ0n) is 14.5. The number of benzene rings is 2. The molecule has 1 aliphatic heterocycles. The predicted molar refractivity (Wildman–Crippen MR) is 106 cm³/mol. The van der Waals surface area contributed by atoms with E-state index in [-0.39, 0.29) is 17.3 Å². The first-order valence-electron chi connectivity index (χ1n) is 8.46. The fourth-order valence-electron chi connectivity index (χ4n) is 2.60. The lowest BCUT2D eigenvalue weighted by Gasteiger charge is -2.07. The first kappa shape index (κ1) is 17.8. The SMILES string of the molecule is C[C@@H]1C[C@@H](Sc2nnc(Nc3ccc(Oc4ccccc4)cc3)s2)C(=O)O1. The summed E-state index contributed by atoms with van der Waals surface area (Å²) in [5.41, 5.74) is 0.886. The van der Waals surface area contributed by atoms with Gasteiger partial charge >= 0.3 is 5.97 Å². The summed E-state index contributed by atoms with van der Waals surface area (Å²) >= 11 is 2.82. The molecule has 0 amide bonds. The predicted octanol–water partition coefficient (Wildman–Crippen LogP) is 4.87. The molecule has 0 bridgehead atoms. The summed E-state index contributed by atoms with van der Waals surface area (Å²) in [7, 11) is 0. The van der Waals surface area contributed by atoms with E-state index in [2.05, 4.69) is 15.5 Å². The Labute approximate surface area is 164 Å². The second-order valence-electron chi connectivity index (χ2n) is 6.03. The maximum absolute atomic E-state index is 11.7. The Morgan fingerprint density at radius 2 is 1.85 bits per heavy atom. The fraction of sp³-hybridized carbons (Fsp3) is 0.211. The zero-order chi connectivity index (χ0) is 18.6. The van der Waals surface area contributed by atoms with Gasteiger partial charge in [-0.3, -0.25) is 4.79 Å². The summed E-state index contributed by atoms with van der Waals surface area (Å²) in [6, 6.07) is 17.3. The molecule has 2 atom stereocenters. The van der Waals surface area contributed by atoms with Gasteiger partial charge in [-0.1, -0.05) is 41.3 Å². The molecule has 138 valence electrons. The molecule has 8 heteroatoms. The molecule has 1 saturated heterocycles. The average molecular weight is 399 g/mol. The van der Waals surface area contributed by atoms with E-state index in [0.717, 1.165) is 21.5 Å². The monoisotopic (exact) mass is 399 g/mol. The van der Waals surface area contributed by atoms with Crippen molar-refractivity contribution in [2.75, 3.05) is 5.32 Å². The maximum Gasteiger partial charge on any atom is 0.319 e. The molecule has 1 fully saturated rings. The van der Waals surface area contributed by atoms with E-state index in [1.807, 2.05) is 61.5 Å². The molecule has 0 spiro atoms. The summed E-state index contributed by atoms with van der Waals surface area (Å²) < 4.78 is 11.7. The summed E-state index contributed by atoms with van der Waals surface area (Å²) in [6.45, 7) is 1.90. The maximum atomic E-state index is 11.7. The molecule has 0 radical (unpaired) electrons. The van der Waals surface area contributed by atoms with E-state index in [9.17, 15) is 4.79 Å². The van der Waals surface area contributed by atoms with Crippen molar-refractivity contribution < 1.29 is 14.3 Å². The van der Waals surface area contributed by atoms with Gasteiger partial charge in [-0.2, -0.15) is 0 Å². The zero-order valence-corrected chi connectivity index (χ0v) is 16.1. The van der Waals surface area contributed by atoms with Gasteiger partial charge in [0, 0.05) is 12.1 Å². The van der Waals surface area contributed by atoms with Crippen LogP contribution in [0.2, 0.25) is 0 Å². The normalized spacial score (nSPS) is 18.9. The molecule has 4 rings (SSSR count). The van der Waals surface area contributed by atoms with Gasteiger partial charge in [0.25, 0.3) is 0 Å². The van der Waals surface area contributed by atoms with E-state index in [4.69, 9.17) is 9.47 Å². The summed E-state index contributed by atoms with van der Waals surface area (Å²) in [4.78, 5) is 11.7. The van der Waals surface area contributed by atoms with Crippen molar-refractivity contribution in [2.45, 2.75) is 29.0 Å². The van der Waals surface area contributed by atoms with Gasteiger partial charge < -0.3 is 14.8 Å². The highest BCUT2D eigenvalue weighted by Crippen LogP contribution is 2.35. The summed E-state index contributed by atoms with van der Waals surface area (Å²) in [6.07, 6.45) is 0.673. The van der Waals surface area contributed by atoms with Crippen LogP contribution in [0.5, 0.6) is 11.5 Å². The molecule has 6 nitrogen and oxygen atoms in total. The minimum Gasteiger partial charge on any atom is -0.462 e. The third kappa shape index (κ3) is 4.58. The summed E-state index contributed by atoms with van der Waals surface area (Å²) in [5, 5.41) is 12.0. The molecule has 0 unspecified atom stereocenters. The molecule has 1 aliphatic rings. The Kier molecular flexibility index (Phi) is 5.26. The Bertz CT molecular complexity index is 915. The molecule has 2 aromatic carbocycles. The minimum absolute atomic E-state index is 0.0304. The number of aromatic nitrogens is 2. The van der Waals surface area contributed by atoms with Crippen LogP contribution in [0.15, 0.2) is 58.9 Å². The van der Waals surface area contributed by atoms with Gasteiger partial charge in [0.1, 0.15) is 22.9 Å². The highest BCUT2D eigenvalue weighted by atomic mass is 32.2. The lowest BCUT2D eigenvalue weighted by atomic mass is 10.3. The smallest absolute Gasteiger partial charge is 0.319 e. The number of hydrogen-bond donors (Lipinski definition) is 1. The largest absolute Gasteiger partial charge is 0.462 e. The van der Waals surface area contributed by atoms with Crippen LogP contribution in [-0.2, 0) is 9.53 Å². The number of hydrogen-bond acceptors (Lipinski definition) is 8. The van der Waals surface area contributed by atoms with Gasteiger partial charge in [-0.25, -0.2) is 0 Å². The van der Waals surface area contributed by atoms with Gasteiger partial charge in [0.15, 0.2) is 4.34 Å². The van der Waals surface area contributed by atoms with Crippen molar-refractivity contribution >= 4 is 39.9 Å². The van der Waals surface area contributed by atoms with Crippen LogP contribution < -0.4 is 10.1 Å². The number of carbonyl (C=O) groups is 1. The second kappa shape index (κ2) is 7.98. The number of ether oxygens (including phenoxy) is 2. The van der Waals surface area contributed by atoms with Crippen molar-refractivity contribution in [2.24, 2.45) is 0 Å². The number of para-hydroxylation sites is 1. The second-order valence-corrected chi connectivity index (χ2v) is 8.45. The van der Waals surface area contributed by atoms with E-state index in [1.165, 1.54) is 23.1 Å². The number of thioether (sulfide) groups is 1. The third-order valence-corrected chi connectivity index (χ3v) is 5.98. The van der Waals surface area contributed by atoms with Gasteiger partial charge in [0.05, 0.1) is 0 Å². The van der Waals surface area contributed by atoms with Crippen LogP contribution in [0.25, 0.3) is 0 Å². The van der Waals surface area contributed by atoms with Gasteiger partial charge in [-0.15, -0.1) is 10.2 Å². The van der Waals surface area contributed by atoms with E-state index in [1.54, 1.807) is 0 Å². The van der Waals surface area contributed by atoms with Crippen LogP contribution in [0.1, 0.15) is 13.3 Å². The Hall–Kier alpha value is -2.58. The number of cyclic esters (lactones) is 1. The number of anilines is 2. The molecule has 1 aromatic heterocycles. The third-order valence-electron chi connectivity index (χ3n) is 3.86. The summed E-state index contributed by atoms with van der Waals surface area (Å²) in [5.74, 6) is 1.38. The molecule has 0 saturated carbocycles. The minimum atomic E-state index is -0.199. The van der Waals surface area contributed by atoms with Crippen molar-refractivity contribution in [3.63, 3.8) is 0 Å². The van der Waals surface area contributed by atoms with Crippen molar-refractivity contribution in [3.05, 3.63) is 54.6 Å². The first-order valence-corrected chi connectivity index (χ1v) is 10.2. The quantitative estimate of drug-likeness (QED) is 0.593. The Morgan fingerprint density at radius 3 is 2.56 bits per heavy atom. The molecule has 2 heterocycles. The number of rotatable bonds is 6. The van der Waals surface area contributed by atoms with Crippen LogP contribution in [0, 0.1) is 0 Å². The van der Waals surface area contributed by atoms with Crippen LogP contribution in [-0.4, -0.2) is 27.5 Å². The molecular weight excluding hydrogens is 382 g/mol. The average Bonchev–Trinajstić information content (AvgIpc) is 3.23.